The summed E-state index contributed by atoms with van der Waals surface area (Å²) in [5.74, 6) is -7.89. The Bertz CT molecular complexity index is 2020. The first kappa shape index (κ1) is 55.7. The highest BCUT2D eigenvalue weighted by Gasteiger charge is 2.53. The van der Waals surface area contributed by atoms with Gasteiger partial charge in [-0.25, -0.2) is 9.48 Å². The Labute approximate surface area is 408 Å². The van der Waals surface area contributed by atoms with E-state index < -0.39 is 77.8 Å². The van der Waals surface area contributed by atoms with Crippen LogP contribution in [0, 0.1) is 35.5 Å². The number of aliphatic hydroxyl groups excluding tert-OH is 1. The largest absolute Gasteiger partial charge is 0.460 e. The zero-order chi connectivity index (χ0) is 50.6. The first-order valence-electron chi connectivity index (χ1n) is 25.0. The minimum absolute atomic E-state index is 0.0197. The number of rotatable bonds is 7. The minimum atomic E-state index is -2.43. The number of esters is 1. The average Bonchev–Trinajstić information content (AvgIpc) is 3.88. The van der Waals surface area contributed by atoms with Crippen LogP contribution in [0.5, 0.6) is 0 Å². The number of fused-ring (bicyclic) bond motifs is 3. The molecule has 2 bridgehead atoms. The van der Waals surface area contributed by atoms with Crippen molar-refractivity contribution in [3.8, 4) is 0 Å². The summed E-state index contributed by atoms with van der Waals surface area (Å²) in [5, 5.41) is 35.2. The molecule has 3 aliphatic heterocycles. The van der Waals surface area contributed by atoms with Crippen molar-refractivity contribution in [3.05, 3.63) is 53.9 Å². The Morgan fingerprint density at radius 2 is 1.65 bits per heavy atom. The number of amides is 1. The van der Waals surface area contributed by atoms with Gasteiger partial charge in [0, 0.05) is 58.5 Å². The summed E-state index contributed by atoms with van der Waals surface area (Å²) in [6.07, 6.45) is 14.0. The zero-order valence-electron chi connectivity index (χ0n) is 42.5. The second-order valence-electron chi connectivity index (χ2n) is 20.4. The molecule has 1 saturated carbocycles. The number of allylic oxidation sites excluding steroid dienone is 6. The molecule has 0 aromatic carbocycles. The monoisotopic (exact) mass is 966 g/mol. The van der Waals surface area contributed by atoms with Crippen LogP contribution in [0.2, 0.25) is 0 Å². The number of nitrogens with zero attached hydrogens (tertiary/aromatic N) is 5. The molecule has 5 rings (SSSR count). The van der Waals surface area contributed by atoms with E-state index in [0.29, 0.717) is 56.9 Å². The lowest BCUT2D eigenvalue weighted by atomic mass is 9.77. The van der Waals surface area contributed by atoms with Crippen molar-refractivity contribution >= 4 is 29.2 Å². The van der Waals surface area contributed by atoms with Crippen molar-refractivity contribution in [1.82, 2.24) is 25.1 Å². The first-order chi connectivity index (χ1) is 32.8. The van der Waals surface area contributed by atoms with Gasteiger partial charge in [-0.2, -0.15) is 0 Å². The van der Waals surface area contributed by atoms with Gasteiger partial charge in [-0.15, -0.1) is 5.10 Å². The molecule has 1 aromatic heterocycles. The van der Waals surface area contributed by atoms with Crippen molar-refractivity contribution < 1.29 is 57.9 Å². The van der Waals surface area contributed by atoms with Crippen molar-refractivity contribution in [2.24, 2.45) is 35.5 Å². The van der Waals surface area contributed by atoms with Gasteiger partial charge in [-0.1, -0.05) is 71.1 Å². The molecule has 17 heteroatoms. The normalized spacial score (nSPS) is 37.1. The van der Waals surface area contributed by atoms with E-state index in [9.17, 15) is 34.2 Å². The van der Waals surface area contributed by atoms with E-state index in [-0.39, 0.29) is 60.9 Å². The number of aromatic nitrogens is 4. The van der Waals surface area contributed by atoms with Crippen LogP contribution < -0.4 is 0 Å². The van der Waals surface area contributed by atoms with Gasteiger partial charge in [0.15, 0.2) is 11.6 Å². The van der Waals surface area contributed by atoms with E-state index in [1.807, 2.05) is 58.1 Å². The second kappa shape index (κ2) is 25.7. The number of aliphatic hydroxyl groups is 2. The summed E-state index contributed by atoms with van der Waals surface area (Å²) >= 11 is 0. The predicted molar refractivity (Wildman–Crippen MR) is 256 cm³/mol. The van der Waals surface area contributed by atoms with Crippen LogP contribution in [0.1, 0.15) is 132 Å². The molecular weight excluding hydrogens is 887 g/mol. The number of hydrogen-bond acceptors (Lipinski definition) is 15. The molecule has 3 fully saturated rings. The van der Waals surface area contributed by atoms with Crippen molar-refractivity contribution in [2.75, 3.05) is 27.9 Å². The number of ketones is 3. The van der Waals surface area contributed by atoms with Gasteiger partial charge in [0.2, 0.25) is 5.79 Å². The molecule has 384 valence electrons. The Morgan fingerprint density at radius 3 is 2.33 bits per heavy atom. The van der Waals surface area contributed by atoms with E-state index in [1.165, 1.54) is 12.0 Å². The van der Waals surface area contributed by atoms with Crippen molar-refractivity contribution in [2.45, 2.75) is 180 Å². The number of tetrazole rings is 1. The third kappa shape index (κ3) is 14.2. The molecule has 0 radical (unpaired) electrons. The third-order valence-corrected chi connectivity index (χ3v) is 15.2. The van der Waals surface area contributed by atoms with Crippen LogP contribution in [-0.4, -0.2) is 141 Å². The Hall–Kier alpha value is -4.26. The van der Waals surface area contributed by atoms with Gasteiger partial charge >= 0.3 is 5.97 Å². The van der Waals surface area contributed by atoms with E-state index in [1.54, 1.807) is 52.1 Å². The lowest BCUT2D eigenvalue weighted by Crippen LogP contribution is -2.61. The molecule has 1 amide bonds. The van der Waals surface area contributed by atoms with Crippen LogP contribution in [0.25, 0.3) is 0 Å². The molecule has 4 unspecified atom stereocenters. The molecular formula is C52H79N5O12. The van der Waals surface area contributed by atoms with Crippen LogP contribution >= 0.6 is 0 Å². The molecule has 1 aromatic rings. The number of Topliss-reactive ketones (excluding diaryl/α,β-unsaturated/α-hetero) is 3. The summed E-state index contributed by atoms with van der Waals surface area (Å²) in [4.78, 5) is 72.3. The third-order valence-electron chi connectivity index (χ3n) is 15.2. The maximum atomic E-state index is 14.5. The van der Waals surface area contributed by atoms with Crippen LogP contribution in [-0.2, 0) is 47.7 Å². The topological polar surface area (TPSA) is 219 Å². The Morgan fingerprint density at radius 1 is 0.899 bits per heavy atom. The number of piperidine rings is 1. The number of methoxy groups -OCH3 is 3. The van der Waals surface area contributed by atoms with Crippen LogP contribution in [0.3, 0.4) is 0 Å². The Balaban J connectivity index is 1.46. The summed E-state index contributed by atoms with van der Waals surface area (Å²) in [6.45, 7) is 12.8. The van der Waals surface area contributed by atoms with Gasteiger partial charge in [-0.3, -0.25) is 19.2 Å². The number of ether oxygens (including phenoxy) is 5. The summed E-state index contributed by atoms with van der Waals surface area (Å²) in [6, 6.07) is -1.20. The number of carbonyl (C=O) groups excluding carboxylic acids is 5. The molecule has 69 heavy (non-hydrogen) atoms. The van der Waals surface area contributed by atoms with E-state index in [0.717, 1.165) is 18.4 Å². The van der Waals surface area contributed by atoms with Gasteiger partial charge < -0.3 is 38.8 Å². The highest BCUT2D eigenvalue weighted by molar-refractivity contribution is 6.39. The molecule has 2 N–H and O–H groups in total. The molecule has 17 nitrogen and oxygen atoms in total. The number of cyclic esters (lactones) is 1. The average molecular weight is 966 g/mol. The van der Waals surface area contributed by atoms with Crippen molar-refractivity contribution in [3.63, 3.8) is 0 Å². The SMILES string of the molecule is COC1C(=O)C(C)C[C@H](C)C=CC=CC=C(C)[C@@H](OC)C[C@@H]2CC[C@@H](C)C(O)(O2)C(=O)C(=O)N2CCCC[C@H]2C(=O)O[C@H]([C@H](C)C[C@@H]2CC[C@H](n3cnnn3)[C@H](OC)C2)CC(=O)/C(C)=C/C(C)[C@H]1O. The van der Waals surface area contributed by atoms with Gasteiger partial charge in [0.1, 0.15) is 24.6 Å². The van der Waals surface area contributed by atoms with Gasteiger partial charge in [0.25, 0.3) is 11.7 Å². The summed E-state index contributed by atoms with van der Waals surface area (Å²) < 4.78 is 31.6. The molecule has 1 aliphatic carbocycles. The van der Waals surface area contributed by atoms with Gasteiger partial charge in [-0.05, 0) is 117 Å². The van der Waals surface area contributed by atoms with E-state index in [2.05, 4.69) is 15.5 Å². The molecule has 4 heterocycles. The van der Waals surface area contributed by atoms with Gasteiger partial charge in [0.05, 0.1) is 30.5 Å². The highest BCUT2D eigenvalue weighted by atomic mass is 16.6. The molecule has 15 atom stereocenters. The van der Waals surface area contributed by atoms with Crippen LogP contribution in [0.15, 0.2) is 53.9 Å². The van der Waals surface area contributed by atoms with E-state index in [4.69, 9.17) is 23.7 Å². The minimum Gasteiger partial charge on any atom is -0.460 e. The van der Waals surface area contributed by atoms with Crippen LogP contribution in [0.4, 0.5) is 0 Å². The smallest absolute Gasteiger partial charge is 0.329 e. The van der Waals surface area contributed by atoms with E-state index >= 15 is 0 Å². The predicted octanol–water partition coefficient (Wildman–Crippen LogP) is 6.05. The summed E-state index contributed by atoms with van der Waals surface area (Å²) in [5.41, 5.74) is 1.20. The number of carbonyl (C=O) groups is 5. The number of hydrogen-bond donors (Lipinski definition) is 2. The maximum absolute atomic E-state index is 14.5. The standard InChI is InChI=1S/C52H79N5O12/c1-31-16-12-11-13-17-32(2)43(65-8)28-39-21-19-37(7)52(64,69-39)49(61)50(62)56-23-15-14-18-41(56)51(63)68-44(34(4)26-38-20-22-40(45(27-38)66-9)57-30-53-54-55-57)29-42(58)33(3)25-36(6)47(60)48(67-10)46(59)35(5)24-31/h11-13,16-17,25,30-31,34-41,43-45,47-48,60,64H,14-15,18-24,26-29H2,1-10H3/b13-11?,16-12?,32-17?,33-25+/t31-,34-,35?,36?,37-,38+,39+,40+,41+,43+,44+,45-,47-,48?,52?/m1/s1. The fourth-order valence-corrected chi connectivity index (χ4v) is 10.8. The lowest BCUT2D eigenvalue weighted by molar-refractivity contribution is -0.265. The second-order valence-corrected chi connectivity index (χ2v) is 20.4. The fraction of sp³-hybridized carbons (Fsp3) is 0.731. The first-order valence-corrected chi connectivity index (χ1v) is 25.0. The Kier molecular flexibility index (Phi) is 20.8. The molecule has 2 saturated heterocycles. The quantitative estimate of drug-likeness (QED) is 0.235. The highest BCUT2D eigenvalue weighted by Crippen LogP contribution is 2.39. The zero-order valence-corrected chi connectivity index (χ0v) is 42.5. The van der Waals surface area contributed by atoms with Crippen molar-refractivity contribution in [1.29, 1.82) is 0 Å². The molecule has 0 spiro atoms. The maximum Gasteiger partial charge on any atom is 0.329 e. The lowest BCUT2D eigenvalue weighted by Gasteiger charge is -2.42. The summed E-state index contributed by atoms with van der Waals surface area (Å²) in [7, 11) is 4.63. The fourth-order valence-electron chi connectivity index (χ4n) is 10.8. The molecule has 4 aliphatic rings.